The first kappa shape index (κ1) is 13.9. The highest BCUT2D eigenvalue weighted by Crippen LogP contribution is 2.37. The van der Waals surface area contributed by atoms with Gasteiger partial charge in [-0.25, -0.2) is 0 Å². The molecule has 1 aromatic carbocycles. The zero-order chi connectivity index (χ0) is 14.1. The number of hydrogen-bond acceptors (Lipinski definition) is 2. The van der Waals surface area contributed by atoms with E-state index in [9.17, 15) is 4.79 Å². The monoisotopic (exact) mass is 334 g/mol. The molecule has 106 valence electrons. The number of benzene rings is 1. The molecule has 0 amide bonds. The summed E-state index contributed by atoms with van der Waals surface area (Å²) in [7, 11) is 1.65. The second-order valence-electron chi connectivity index (χ2n) is 5.72. The summed E-state index contributed by atoms with van der Waals surface area (Å²) in [6, 6.07) is 4.05. The summed E-state index contributed by atoms with van der Waals surface area (Å²) in [5.41, 5.74) is 3.29. The Bertz CT molecular complexity index is 569. The molecule has 0 unspecified atom stereocenters. The predicted octanol–water partition coefficient (Wildman–Crippen LogP) is 4.55. The molecule has 20 heavy (non-hydrogen) atoms. The SMILES string of the molecule is COc1cc2c(cc1Br)C=C(C1CCCCC1)C(=O)C2. The fourth-order valence-electron chi connectivity index (χ4n) is 3.34. The molecule has 0 N–H and O–H groups in total. The van der Waals surface area contributed by atoms with Gasteiger partial charge in [0.05, 0.1) is 11.6 Å². The zero-order valence-electron chi connectivity index (χ0n) is 11.7. The van der Waals surface area contributed by atoms with Crippen molar-refractivity contribution in [1.82, 2.24) is 0 Å². The predicted molar refractivity (Wildman–Crippen MR) is 84.0 cm³/mol. The van der Waals surface area contributed by atoms with E-state index in [-0.39, 0.29) is 0 Å². The van der Waals surface area contributed by atoms with Gasteiger partial charge < -0.3 is 4.74 Å². The van der Waals surface area contributed by atoms with Crippen molar-refractivity contribution in [1.29, 1.82) is 0 Å². The molecule has 0 atom stereocenters. The molecule has 3 rings (SSSR count). The maximum absolute atomic E-state index is 12.4. The van der Waals surface area contributed by atoms with E-state index in [0.29, 0.717) is 18.1 Å². The van der Waals surface area contributed by atoms with Gasteiger partial charge >= 0.3 is 0 Å². The van der Waals surface area contributed by atoms with Crippen LogP contribution in [-0.2, 0) is 11.2 Å². The van der Waals surface area contributed by atoms with Gasteiger partial charge in [0.2, 0.25) is 0 Å². The number of ether oxygens (including phenoxy) is 1. The van der Waals surface area contributed by atoms with Crippen LogP contribution < -0.4 is 4.74 Å². The Hall–Kier alpha value is -1.09. The number of hydrogen-bond donors (Lipinski definition) is 0. The molecule has 3 heteroatoms. The third-order valence-electron chi connectivity index (χ3n) is 4.44. The number of methoxy groups -OCH3 is 1. The number of carbonyl (C=O) groups excluding carboxylic acids is 1. The molecule has 1 fully saturated rings. The first-order valence-corrected chi connectivity index (χ1v) is 8.09. The van der Waals surface area contributed by atoms with E-state index in [1.165, 1.54) is 32.1 Å². The molecule has 0 saturated heterocycles. The fraction of sp³-hybridized carbons (Fsp3) is 0.471. The quantitative estimate of drug-likeness (QED) is 0.793. The molecule has 2 aliphatic carbocycles. The number of allylic oxidation sites excluding steroid dienone is 1. The van der Waals surface area contributed by atoms with Gasteiger partial charge in [-0.15, -0.1) is 0 Å². The van der Waals surface area contributed by atoms with Crippen molar-refractivity contribution < 1.29 is 9.53 Å². The first-order valence-electron chi connectivity index (χ1n) is 7.30. The van der Waals surface area contributed by atoms with Crippen molar-refractivity contribution in [2.75, 3.05) is 7.11 Å². The summed E-state index contributed by atoms with van der Waals surface area (Å²) in [5.74, 6) is 1.57. The van der Waals surface area contributed by atoms with Gasteiger partial charge in [-0.2, -0.15) is 0 Å². The third kappa shape index (κ3) is 2.56. The Morgan fingerprint density at radius 3 is 2.65 bits per heavy atom. The van der Waals surface area contributed by atoms with Gasteiger partial charge in [-0.3, -0.25) is 4.79 Å². The van der Waals surface area contributed by atoms with Gasteiger partial charge in [0, 0.05) is 6.42 Å². The Morgan fingerprint density at radius 2 is 1.95 bits per heavy atom. The number of ketones is 1. The average molecular weight is 335 g/mol. The van der Waals surface area contributed by atoms with Crippen LogP contribution in [0.15, 0.2) is 22.2 Å². The van der Waals surface area contributed by atoms with Gasteiger partial charge in [-0.05, 0) is 69.6 Å². The maximum atomic E-state index is 12.4. The highest BCUT2D eigenvalue weighted by Gasteiger charge is 2.27. The lowest BCUT2D eigenvalue weighted by molar-refractivity contribution is -0.115. The second-order valence-corrected chi connectivity index (χ2v) is 6.57. The van der Waals surface area contributed by atoms with Crippen LogP contribution >= 0.6 is 15.9 Å². The molecule has 0 aromatic heterocycles. The molecule has 2 aliphatic rings. The van der Waals surface area contributed by atoms with Crippen LogP contribution in [0.25, 0.3) is 6.08 Å². The van der Waals surface area contributed by atoms with Crippen molar-refractivity contribution in [2.24, 2.45) is 5.92 Å². The minimum absolute atomic E-state index is 0.300. The second kappa shape index (κ2) is 5.72. The molecule has 0 spiro atoms. The van der Waals surface area contributed by atoms with Crippen molar-refractivity contribution in [3.63, 3.8) is 0 Å². The van der Waals surface area contributed by atoms with Gasteiger partial charge in [-0.1, -0.05) is 19.3 Å². The summed E-state index contributed by atoms with van der Waals surface area (Å²) in [4.78, 5) is 12.4. The zero-order valence-corrected chi connectivity index (χ0v) is 13.3. The van der Waals surface area contributed by atoms with Crippen molar-refractivity contribution in [3.05, 3.63) is 33.3 Å². The van der Waals surface area contributed by atoms with E-state index >= 15 is 0 Å². The lowest BCUT2D eigenvalue weighted by Crippen LogP contribution is -2.21. The molecular weight excluding hydrogens is 316 g/mol. The van der Waals surface area contributed by atoms with E-state index in [1.807, 2.05) is 6.07 Å². The van der Waals surface area contributed by atoms with Gasteiger partial charge in [0.15, 0.2) is 5.78 Å². The van der Waals surface area contributed by atoms with E-state index < -0.39 is 0 Å². The molecule has 2 nitrogen and oxygen atoms in total. The number of halogens is 1. The van der Waals surface area contributed by atoms with Crippen LogP contribution in [-0.4, -0.2) is 12.9 Å². The van der Waals surface area contributed by atoms with Gasteiger partial charge in [0.1, 0.15) is 5.75 Å². The number of Topliss-reactive ketones (excluding diaryl/α,β-unsaturated/α-hetero) is 1. The van der Waals surface area contributed by atoms with Crippen LogP contribution in [0.5, 0.6) is 5.75 Å². The molecular formula is C17H19BrO2. The topological polar surface area (TPSA) is 26.3 Å². The minimum atomic E-state index is 0.300. The summed E-state index contributed by atoms with van der Waals surface area (Å²) in [6.45, 7) is 0. The molecule has 1 saturated carbocycles. The maximum Gasteiger partial charge on any atom is 0.163 e. The first-order chi connectivity index (χ1) is 9.69. The van der Waals surface area contributed by atoms with Crippen LogP contribution in [0.3, 0.4) is 0 Å². The van der Waals surface area contributed by atoms with Crippen molar-refractivity contribution >= 4 is 27.8 Å². The minimum Gasteiger partial charge on any atom is -0.496 e. The molecule has 0 heterocycles. The lowest BCUT2D eigenvalue weighted by Gasteiger charge is -2.26. The molecule has 0 bridgehead atoms. The highest BCUT2D eigenvalue weighted by atomic mass is 79.9. The Kier molecular flexibility index (Phi) is 3.97. The van der Waals surface area contributed by atoms with Crippen molar-refractivity contribution in [2.45, 2.75) is 38.5 Å². The Balaban J connectivity index is 1.97. The summed E-state index contributed by atoms with van der Waals surface area (Å²) in [5, 5.41) is 0. The largest absolute Gasteiger partial charge is 0.496 e. The van der Waals surface area contributed by atoms with E-state index in [1.54, 1.807) is 7.11 Å². The van der Waals surface area contributed by atoms with Crippen LogP contribution in [0.4, 0.5) is 0 Å². The normalized spacial score (nSPS) is 19.5. The molecule has 0 radical (unpaired) electrons. The summed E-state index contributed by atoms with van der Waals surface area (Å²) < 4.78 is 6.26. The highest BCUT2D eigenvalue weighted by molar-refractivity contribution is 9.10. The third-order valence-corrected chi connectivity index (χ3v) is 5.06. The Morgan fingerprint density at radius 1 is 1.20 bits per heavy atom. The molecule has 1 aromatic rings. The van der Waals surface area contributed by atoms with E-state index in [0.717, 1.165) is 26.9 Å². The standard InChI is InChI=1S/C17H19BrO2/c1-20-17-10-13-9-16(19)14(7-12(13)8-15(17)18)11-5-3-2-4-6-11/h7-8,10-11H,2-6,9H2,1H3. The summed E-state index contributed by atoms with van der Waals surface area (Å²) >= 11 is 3.53. The summed E-state index contributed by atoms with van der Waals surface area (Å²) in [6.07, 6.45) is 8.80. The van der Waals surface area contributed by atoms with Crippen LogP contribution in [0.2, 0.25) is 0 Å². The van der Waals surface area contributed by atoms with E-state index in [2.05, 4.69) is 28.1 Å². The van der Waals surface area contributed by atoms with Gasteiger partial charge in [0.25, 0.3) is 0 Å². The molecule has 0 aliphatic heterocycles. The number of carbonyl (C=O) groups is 1. The lowest BCUT2D eigenvalue weighted by atomic mass is 9.78. The van der Waals surface area contributed by atoms with Crippen LogP contribution in [0.1, 0.15) is 43.2 Å². The average Bonchev–Trinajstić information content (AvgIpc) is 2.47. The van der Waals surface area contributed by atoms with Crippen LogP contribution in [0, 0.1) is 5.92 Å². The fourth-order valence-corrected chi connectivity index (χ4v) is 3.86. The Labute approximate surface area is 128 Å². The van der Waals surface area contributed by atoms with Crippen molar-refractivity contribution in [3.8, 4) is 5.75 Å². The number of fused-ring (bicyclic) bond motifs is 1. The smallest absolute Gasteiger partial charge is 0.163 e. The number of rotatable bonds is 2. The van der Waals surface area contributed by atoms with E-state index in [4.69, 9.17) is 4.74 Å².